The Hall–Kier alpha value is -1.95. The van der Waals surface area contributed by atoms with Crippen molar-refractivity contribution in [2.75, 3.05) is 23.3 Å². The Labute approximate surface area is 134 Å². The first kappa shape index (κ1) is 15.0. The maximum absolute atomic E-state index is 12.5. The van der Waals surface area contributed by atoms with Gasteiger partial charge in [0.15, 0.2) is 0 Å². The van der Waals surface area contributed by atoms with Crippen molar-refractivity contribution in [1.82, 2.24) is 9.97 Å². The SMILES string of the molecule is Cc1nc(C)c(C(=O)Nc2cnccc2N2CCCCC2)s1. The van der Waals surface area contributed by atoms with Crippen LogP contribution in [-0.2, 0) is 0 Å². The number of rotatable bonds is 3. The number of carbonyl (C=O) groups is 1. The maximum Gasteiger partial charge on any atom is 0.267 e. The lowest BCUT2D eigenvalue weighted by atomic mass is 10.1. The van der Waals surface area contributed by atoms with E-state index in [1.807, 2.05) is 19.9 Å². The first-order valence-corrected chi connectivity index (χ1v) is 8.41. The Kier molecular flexibility index (Phi) is 4.38. The van der Waals surface area contributed by atoms with Gasteiger partial charge in [0.25, 0.3) is 5.91 Å². The highest BCUT2D eigenvalue weighted by molar-refractivity contribution is 7.13. The molecule has 1 amide bonds. The van der Waals surface area contributed by atoms with E-state index in [1.165, 1.54) is 30.6 Å². The third-order valence-corrected chi connectivity index (χ3v) is 4.92. The summed E-state index contributed by atoms with van der Waals surface area (Å²) in [5.41, 5.74) is 2.62. The molecule has 6 heteroatoms. The lowest BCUT2D eigenvalue weighted by molar-refractivity contribution is 0.103. The molecule has 0 unspecified atom stereocenters. The van der Waals surface area contributed by atoms with Crippen molar-refractivity contribution >= 4 is 28.6 Å². The third-order valence-electron chi connectivity index (χ3n) is 3.85. The van der Waals surface area contributed by atoms with Crippen LogP contribution in [0.15, 0.2) is 18.5 Å². The van der Waals surface area contributed by atoms with Crippen LogP contribution in [0, 0.1) is 13.8 Å². The molecule has 1 aliphatic heterocycles. The van der Waals surface area contributed by atoms with Crippen LogP contribution in [0.1, 0.15) is 39.6 Å². The Balaban J connectivity index is 1.83. The van der Waals surface area contributed by atoms with E-state index in [0.717, 1.165) is 35.2 Å². The summed E-state index contributed by atoms with van der Waals surface area (Å²) in [7, 11) is 0. The average Bonchev–Trinajstić information content (AvgIpc) is 2.87. The zero-order valence-electron chi connectivity index (χ0n) is 12.9. The van der Waals surface area contributed by atoms with Gasteiger partial charge in [-0.15, -0.1) is 11.3 Å². The van der Waals surface area contributed by atoms with Crippen LogP contribution in [0.25, 0.3) is 0 Å². The van der Waals surface area contributed by atoms with Gasteiger partial charge in [0, 0.05) is 19.3 Å². The molecule has 1 fully saturated rings. The molecule has 0 atom stereocenters. The van der Waals surface area contributed by atoms with E-state index in [-0.39, 0.29) is 5.91 Å². The number of pyridine rings is 1. The smallest absolute Gasteiger partial charge is 0.267 e. The number of nitrogens with one attached hydrogen (secondary N) is 1. The molecule has 0 saturated carbocycles. The van der Waals surface area contributed by atoms with Gasteiger partial charge < -0.3 is 10.2 Å². The van der Waals surface area contributed by atoms with E-state index in [2.05, 4.69) is 20.2 Å². The summed E-state index contributed by atoms with van der Waals surface area (Å²) in [6, 6.07) is 1.98. The van der Waals surface area contributed by atoms with Crippen molar-refractivity contribution in [2.24, 2.45) is 0 Å². The topological polar surface area (TPSA) is 58.1 Å². The van der Waals surface area contributed by atoms with Gasteiger partial charge in [0.2, 0.25) is 0 Å². The number of carbonyl (C=O) groups excluding carboxylic acids is 1. The summed E-state index contributed by atoms with van der Waals surface area (Å²) >= 11 is 1.43. The van der Waals surface area contributed by atoms with Gasteiger partial charge in [-0.25, -0.2) is 4.98 Å². The summed E-state index contributed by atoms with van der Waals surface area (Å²) < 4.78 is 0. The Morgan fingerprint density at radius 1 is 1.27 bits per heavy atom. The molecule has 0 spiro atoms. The lowest BCUT2D eigenvalue weighted by Crippen LogP contribution is -2.30. The van der Waals surface area contributed by atoms with Crippen LogP contribution in [0.3, 0.4) is 0 Å². The number of aryl methyl sites for hydroxylation is 2. The van der Waals surface area contributed by atoms with Crippen molar-refractivity contribution in [2.45, 2.75) is 33.1 Å². The highest BCUT2D eigenvalue weighted by atomic mass is 32.1. The van der Waals surface area contributed by atoms with Gasteiger partial charge in [0.05, 0.1) is 28.3 Å². The van der Waals surface area contributed by atoms with Crippen LogP contribution < -0.4 is 10.2 Å². The number of thiazole rings is 1. The molecule has 2 aromatic heterocycles. The monoisotopic (exact) mass is 316 g/mol. The molecule has 0 aromatic carbocycles. The number of hydrogen-bond acceptors (Lipinski definition) is 5. The largest absolute Gasteiger partial charge is 0.370 e. The molecule has 22 heavy (non-hydrogen) atoms. The normalized spacial score (nSPS) is 14.9. The fourth-order valence-electron chi connectivity index (χ4n) is 2.82. The standard InChI is InChI=1S/C16H20N4OS/c1-11-15(22-12(2)18-11)16(21)19-13-10-17-7-6-14(13)20-8-4-3-5-9-20/h6-7,10H,3-5,8-9H2,1-2H3,(H,19,21). The minimum Gasteiger partial charge on any atom is -0.370 e. The van der Waals surface area contributed by atoms with Crippen molar-refractivity contribution in [1.29, 1.82) is 0 Å². The second kappa shape index (κ2) is 6.44. The molecular formula is C16H20N4OS. The average molecular weight is 316 g/mol. The van der Waals surface area contributed by atoms with Crippen LogP contribution in [0.2, 0.25) is 0 Å². The molecular weight excluding hydrogens is 296 g/mol. The fourth-order valence-corrected chi connectivity index (χ4v) is 3.63. The minimum absolute atomic E-state index is 0.102. The van der Waals surface area contributed by atoms with E-state index >= 15 is 0 Å². The molecule has 0 radical (unpaired) electrons. The number of piperidine rings is 1. The summed E-state index contributed by atoms with van der Waals surface area (Å²) in [6.07, 6.45) is 7.18. The Bertz CT molecular complexity index is 677. The summed E-state index contributed by atoms with van der Waals surface area (Å²) in [5, 5.41) is 3.91. The summed E-state index contributed by atoms with van der Waals surface area (Å²) in [6.45, 7) is 5.85. The zero-order valence-corrected chi connectivity index (χ0v) is 13.7. The van der Waals surface area contributed by atoms with E-state index in [9.17, 15) is 4.79 Å². The van der Waals surface area contributed by atoms with Crippen LogP contribution in [-0.4, -0.2) is 29.0 Å². The van der Waals surface area contributed by atoms with Crippen LogP contribution >= 0.6 is 11.3 Å². The van der Waals surface area contributed by atoms with E-state index in [0.29, 0.717) is 4.88 Å². The van der Waals surface area contributed by atoms with Gasteiger partial charge in [-0.1, -0.05) is 0 Å². The van der Waals surface area contributed by atoms with Gasteiger partial charge in [0.1, 0.15) is 4.88 Å². The number of amides is 1. The van der Waals surface area contributed by atoms with Gasteiger partial charge in [-0.3, -0.25) is 9.78 Å². The van der Waals surface area contributed by atoms with Gasteiger partial charge in [-0.2, -0.15) is 0 Å². The first-order chi connectivity index (χ1) is 10.6. The third kappa shape index (κ3) is 3.11. The molecule has 3 rings (SSSR count). The highest BCUT2D eigenvalue weighted by Gasteiger charge is 2.18. The predicted octanol–water partition coefficient (Wildman–Crippen LogP) is 3.40. The molecule has 1 N–H and O–H groups in total. The Morgan fingerprint density at radius 2 is 2.05 bits per heavy atom. The summed E-state index contributed by atoms with van der Waals surface area (Å²) in [4.78, 5) is 24.0. The molecule has 5 nitrogen and oxygen atoms in total. The highest BCUT2D eigenvalue weighted by Crippen LogP contribution is 2.28. The van der Waals surface area contributed by atoms with E-state index in [4.69, 9.17) is 0 Å². The van der Waals surface area contributed by atoms with Gasteiger partial charge >= 0.3 is 0 Å². The molecule has 1 aliphatic rings. The molecule has 0 bridgehead atoms. The van der Waals surface area contributed by atoms with Crippen molar-refractivity contribution in [3.8, 4) is 0 Å². The van der Waals surface area contributed by atoms with Crippen LogP contribution in [0.5, 0.6) is 0 Å². The molecule has 2 aromatic rings. The van der Waals surface area contributed by atoms with Crippen molar-refractivity contribution in [3.63, 3.8) is 0 Å². The second-order valence-corrected chi connectivity index (χ2v) is 6.75. The minimum atomic E-state index is -0.102. The first-order valence-electron chi connectivity index (χ1n) is 7.59. The number of aromatic nitrogens is 2. The maximum atomic E-state index is 12.5. The molecule has 1 saturated heterocycles. The number of anilines is 2. The fraction of sp³-hybridized carbons (Fsp3) is 0.438. The van der Waals surface area contributed by atoms with Crippen molar-refractivity contribution in [3.05, 3.63) is 34.0 Å². The quantitative estimate of drug-likeness (QED) is 0.943. The van der Waals surface area contributed by atoms with Crippen LogP contribution in [0.4, 0.5) is 11.4 Å². The second-order valence-electron chi connectivity index (χ2n) is 5.54. The Morgan fingerprint density at radius 3 is 2.73 bits per heavy atom. The van der Waals surface area contributed by atoms with Gasteiger partial charge in [-0.05, 0) is 39.2 Å². The number of hydrogen-bond donors (Lipinski definition) is 1. The predicted molar refractivity (Wildman–Crippen MR) is 89.8 cm³/mol. The molecule has 116 valence electrons. The molecule has 0 aliphatic carbocycles. The van der Waals surface area contributed by atoms with E-state index in [1.54, 1.807) is 12.4 Å². The lowest BCUT2D eigenvalue weighted by Gasteiger charge is -2.30. The number of nitrogens with zero attached hydrogens (tertiary/aromatic N) is 3. The van der Waals surface area contributed by atoms with Crippen molar-refractivity contribution < 1.29 is 4.79 Å². The van der Waals surface area contributed by atoms with E-state index < -0.39 is 0 Å². The molecule has 3 heterocycles. The summed E-state index contributed by atoms with van der Waals surface area (Å²) in [5.74, 6) is -0.102. The zero-order chi connectivity index (χ0) is 15.5.